The minimum atomic E-state index is -0.963. The molecule has 0 amide bonds. The second-order valence-corrected chi connectivity index (χ2v) is 3.23. The summed E-state index contributed by atoms with van der Waals surface area (Å²) < 4.78 is 0. The zero-order chi connectivity index (χ0) is 13.8. The quantitative estimate of drug-likeness (QED) is 0.300. The summed E-state index contributed by atoms with van der Waals surface area (Å²) in [5.41, 5.74) is 4.84. The average Bonchev–Trinajstić information content (AvgIpc) is 2.72. The van der Waals surface area contributed by atoms with Crippen LogP contribution in [0.25, 0.3) is 0 Å². The van der Waals surface area contributed by atoms with Crippen LogP contribution < -0.4 is 11.1 Å². The standard InChI is InChI=1S/C5H9NO2.C3H7NO2.BH2O2/c7-5(8)4-2-1-3-6-4;1-2(4)3(5)6;2-1-3/h4,6H,1-3H2,(H,7,8);2H,4H2,1H3,(H,5,6);2-3H. The molecule has 9 heteroatoms. The Morgan fingerprint density at radius 1 is 1.41 bits per heavy atom. The molecule has 99 valence electrons. The van der Waals surface area contributed by atoms with Gasteiger partial charge in [-0.15, -0.1) is 0 Å². The van der Waals surface area contributed by atoms with E-state index in [9.17, 15) is 9.59 Å². The van der Waals surface area contributed by atoms with E-state index < -0.39 is 18.0 Å². The number of nitrogens with two attached hydrogens (primary N) is 1. The van der Waals surface area contributed by atoms with Gasteiger partial charge in [0.15, 0.2) is 0 Å². The van der Waals surface area contributed by atoms with Gasteiger partial charge >= 0.3 is 19.6 Å². The largest absolute Gasteiger partial charge is 0.482 e. The van der Waals surface area contributed by atoms with E-state index >= 15 is 0 Å². The van der Waals surface area contributed by atoms with Gasteiger partial charge in [0.2, 0.25) is 0 Å². The van der Waals surface area contributed by atoms with Gasteiger partial charge in [0.1, 0.15) is 12.1 Å². The molecule has 1 saturated heterocycles. The fourth-order valence-electron chi connectivity index (χ4n) is 0.895. The molecule has 0 aromatic rings. The number of carbonyl (C=O) groups is 2. The number of carboxylic acids is 2. The lowest BCUT2D eigenvalue weighted by atomic mass is 10.2. The molecule has 2 unspecified atom stereocenters. The van der Waals surface area contributed by atoms with Crippen molar-refractivity contribution in [3.63, 3.8) is 0 Å². The van der Waals surface area contributed by atoms with Crippen LogP contribution in [0.5, 0.6) is 0 Å². The fraction of sp³-hybridized carbons (Fsp3) is 0.750. The van der Waals surface area contributed by atoms with E-state index in [2.05, 4.69) is 5.32 Å². The van der Waals surface area contributed by atoms with Gasteiger partial charge in [-0.25, -0.2) is 0 Å². The molecule has 2 atom stereocenters. The molecule has 0 aromatic heterocycles. The number of rotatable bonds is 2. The van der Waals surface area contributed by atoms with Crippen molar-refractivity contribution in [2.45, 2.75) is 31.8 Å². The fourth-order valence-corrected chi connectivity index (χ4v) is 0.895. The molecule has 1 aliphatic heterocycles. The van der Waals surface area contributed by atoms with Gasteiger partial charge in [-0.3, -0.25) is 9.59 Å². The lowest BCUT2D eigenvalue weighted by molar-refractivity contribution is -0.139. The van der Waals surface area contributed by atoms with Gasteiger partial charge in [0, 0.05) is 0 Å². The van der Waals surface area contributed by atoms with Gasteiger partial charge in [-0.2, -0.15) is 0 Å². The first kappa shape index (κ1) is 18.2. The van der Waals surface area contributed by atoms with Crippen LogP contribution >= 0.6 is 0 Å². The van der Waals surface area contributed by atoms with Crippen LogP contribution in [0.2, 0.25) is 0 Å². The molecule has 1 heterocycles. The first-order valence-electron chi connectivity index (χ1n) is 4.91. The van der Waals surface area contributed by atoms with E-state index in [4.69, 9.17) is 26.0 Å². The maximum Gasteiger partial charge on any atom is 0.482 e. The topological polar surface area (TPSA) is 153 Å². The minimum absolute atomic E-state index is 0. The number of hydrogen-bond acceptors (Lipinski definition) is 6. The molecule has 0 saturated carbocycles. The average molecular weight is 249 g/mol. The molecule has 0 spiro atoms. The Hall–Kier alpha value is -1.16. The van der Waals surface area contributed by atoms with Crippen molar-refractivity contribution >= 4 is 19.6 Å². The molecular weight excluding hydrogens is 231 g/mol. The first-order valence-corrected chi connectivity index (χ1v) is 4.91. The zero-order valence-corrected chi connectivity index (χ0v) is 9.54. The second kappa shape index (κ2) is 11.3. The van der Waals surface area contributed by atoms with Crippen molar-refractivity contribution in [1.82, 2.24) is 5.32 Å². The van der Waals surface area contributed by atoms with Crippen LogP contribution in [-0.2, 0) is 9.59 Å². The highest BCUT2D eigenvalue weighted by atomic mass is 16.4. The minimum Gasteiger partial charge on any atom is -0.480 e. The first-order chi connectivity index (χ1) is 7.86. The highest BCUT2D eigenvalue weighted by Gasteiger charge is 2.20. The Bertz CT molecular complexity index is 220. The summed E-state index contributed by atoms with van der Waals surface area (Å²) in [4.78, 5) is 19.7. The number of carboxylic acid groups (broad SMARTS) is 2. The maximum absolute atomic E-state index is 10.1. The molecule has 1 radical (unpaired) electrons. The van der Waals surface area contributed by atoms with Crippen molar-refractivity contribution in [3.05, 3.63) is 0 Å². The van der Waals surface area contributed by atoms with E-state index in [0.717, 1.165) is 19.4 Å². The summed E-state index contributed by atoms with van der Waals surface area (Å²) in [6.07, 6.45) is 1.78. The molecule has 1 fully saturated rings. The van der Waals surface area contributed by atoms with E-state index in [1.165, 1.54) is 6.92 Å². The van der Waals surface area contributed by atoms with Crippen molar-refractivity contribution in [2.75, 3.05) is 6.54 Å². The third-order valence-corrected chi connectivity index (χ3v) is 1.75. The van der Waals surface area contributed by atoms with Crippen LogP contribution in [0.1, 0.15) is 19.8 Å². The lowest BCUT2D eigenvalue weighted by Gasteiger charge is -1.99. The summed E-state index contributed by atoms with van der Waals surface area (Å²) in [6.45, 7) is 2.28. The molecule has 1 rings (SSSR count). The smallest absolute Gasteiger partial charge is 0.480 e. The normalized spacial score (nSPS) is 18.9. The number of aliphatic carboxylic acids is 2. The summed E-state index contributed by atoms with van der Waals surface area (Å²) in [6, 6.07) is -1.00. The zero-order valence-electron chi connectivity index (χ0n) is 9.54. The van der Waals surface area contributed by atoms with Crippen LogP contribution in [0.3, 0.4) is 0 Å². The monoisotopic (exact) mass is 249 g/mol. The summed E-state index contributed by atoms with van der Waals surface area (Å²) in [5, 5.41) is 33.1. The van der Waals surface area contributed by atoms with Gasteiger partial charge < -0.3 is 31.3 Å². The van der Waals surface area contributed by atoms with Crippen LogP contribution in [0.4, 0.5) is 0 Å². The SMILES string of the molecule is CC(N)C(=O)O.O=C(O)C1CCCN1.O[B]O. The van der Waals surface area contributed by atoms with E-state index in [0.29, 0.717) is 0 Å². The second-order valence-electron chi connectivity index (χ2n) is 3.23. The van der Waals surface area contributed by atoms with Gasteiger partial charge in [-0.1, -0.05) is 0 Å². The lowest BCUT2D eigenvalue weighted by Crippen LogP contribution is -2.29. The Kier molecular flexibility index (Phi) is 12.1. The highest BCUT2D eigenvalue weighted by Crippen LogP contribution is 2.03. The molecule has 7 N–H and O–H groups in total. The van der Waals surface area contributed by atoms with E-state index in [1.54, 1.807) is 0 Å². The molecular formula is C8H18BN2O6. The van der Waals surface area contributed by atoms with Crippen molar-refractivity contribution in [3.8, 4) is 0 Å². The molecule has 8 nitrogen and oxygen atoms in total. The van der Waals surface area contributed by atoms with Gasteiger partial charge in [0.05, 0.1) is 0 Å². The molecule has 17 heavy (non-hydrogen) atoms. The number of hydrogen-bond donors (Lipinski definition) is 6. The van der Waals surface area contributed by atoms with Crippen molar-refractivity contribution in [2.24, 2.45) is 5.73 Å². The third kappa shape index (κ3) is 12.8. The summed E-state index contributed by atoms with van der Waals surface area (Å²) in [5.74, 6) is -1.68. The summed E-state index contributed by atoms with van der Waals surface area (Å²) in [7, 11) is 0. The summed E-state index contributed by atoms with van der Waals surface area (Å²) >= 11 is 0. The van der Waals surface area contributed by atoms with Crippen molar-refractivity contribution in [1.29, 1.82) is 0 Å². The third-order valence-electron chi connectivity index (χ3n) is 1.75. The predicted molar refractivity (Wildman–Crippen MR) is 60.1 cm³/mol. The Labute approximate surface area is 99.7 Å². The van der Waals surface area contributed by atoms with Gasteiger partial charge in [-0.05, 0) is 26.3 Å². The molecule has 0 bridgehead atoms. The number of nitrogens with one attached hydrogen (secondary N) is 1. The van der Waals surface area contributed by atoms with Crippen LogP contribution in [0.15, 0.2) is 0 Å². The maximum atomic E-state index is 10.1. The Morgan fingerprint density at radius 2 is 1.82 bits per heavy atom. The van der Waals surface area contributed by atoms with Gasteiger partial charge in [0.25, 0.3) is 0 Å². The van der Waals surface area contributed by atoms with E-state index in [-0.39, 0.29) is 13.7 Å². The Balaban J connectivity index is 0. The van der Waals surface area contributed by atoms with Crippen molar-refractivity contribution < 1.29 is 29.9 Å². The molecule has 0 aromatic carbocycles. The Morgan fingerprint density at radius 3 is 1.94 bits per heavy atom. The molecule has 0 aliphatic carbocycles. The van der Waals surface area contributed by atoms with E-state index in [1.807, 2.05) is 0 Å². The van der Waals surface area contributed by atoms with Crippen LogP contribution in [0, 0.1) is 0 Å². The predicted octanol–water partition coefficient (Wildman–Crippen LogP) is -2.25. The molecule has 1 aliphatic rings. The highest BCUT2D eigenvalue weighted by molar-refractivity contribution is 6.13. The van der Waals surface area contributed by atoms with Crippen LogP contribution in [-0.4, -0.2) is 58.5 Å².